The largest absolute Gasteiger partial charge is 0.310 e. The highest BCUT2D eigenvalue weighted by atomic mass is 79.9. The van der Waals surface area contributed by atoms with Gasteiger partial charge in [-0.3, -0.25) is 0 Å². The van der Waals surface area contributed by atoms with Crippen LogP contribution in [0.25, 0.3) is 11.4 Å². The monoisotopic (exact) mass is 297 g/mol. The van der Waals surface area contributed by atoms with Gasteiger partial charge in [-0.25, -0.2) is 4.39 Å². The molecule has 0 aliphatic heterocycles. The number of hydrogen-bond acceptors (Lipinski definition) is 2. The van der Waals surface area contributed by atoms with Gasteiger partial charge in [-0.2, -0.15) is 0 Å². The van der Waals surface area contributed by atoms with Crippen LogP contribution in [-0.2, 0) is 11.9 Å². The summed E-state index contributed by atoms with van der Waals surface area (Å²) >= 11 is 3.35. The standard InChI is InChI=1S/C12H13BrFN3/c1-3-17-11(7-13)15-16-12(17)9-5-4-8(2)6-10(9)14/h4-6H,3,7H2,1-2H3. The van der Waals surface area contributed by atoms with Gasteiger partial charge >= 0.3 is 0 Å². The van der Waals surface area contributed by atoms with E-state index in [0.717, 1.165) is 17.9 Å². The van der Waals surface area contributed by atoms with Crippen molar-refractivity contribution in [3.63, 3.8) is 0 Å². The van der Waals surface area contributed by atoms with Gasteiger partial charge in [0.1, 0.15) is 11.6 Å². The molecule has 0 unspecified atom stereocenters. The van der Waals surface area contributed by atoms with Crippen molar-refractivity contribution in [2.45, 2.75) is 25.7 Å². The number of aromatic nitrogens is 3. The minimum atomic E-state index is -0.256. The summed E-state index contributed by atoms with van der Waals surface area (Å²) in [5, 5.41) is 8.72. The van der Waals surface area contributed by atoms with Gasteiger partial charge < -0.3 is 4.57 Å². The Bertz CT molecular complexity index is 537. The van der Waals surface area contributed by atoms with Crippen LogP contribution in [0, 0.1) is 12.7 Å². The molecule has 0 saturated heterocycles. The predicted octanol–water partition coefficient (Wildman–Crippen LogP) is 3.31. The van der Waals surface area contributed by atoms with Gasteiger partial charge in [0.2, 0.25) is 0 Å². The SMILES string of the molecule is CCn1c(CBr)nnc1-c1ccc(C)cc1F. The van der Waals surface area contributed by atoms with Crippen molar-refractivity contribution in [1.82, 2.24) is 14.8 Å². The Morgan fingerprint density at radius 2 is 2.12 bits per heavy atom. The second-order valence-corrected chi connectivity index (χ2v) is 4.36. The summed E-state index contributed by atoms with van der Waals surface area (Å²) in [5.74, 6) is 1.13. The molecule has 5 heteroatoms. The van der Waals surface area contributed by atoms with Gasteiger partial charge in [0, 0.05) is 6.54 Å². The van der Waals surface area contributed by atoms with Crippen LogP contribution in [0.1, 0.15) is 18.3 Å². The lowest BCUT2D eigenvalue weighted by molar-refractivity contribution is 0.625. The molecule has 0 aliphatic carbocycles. The maximum Gasteiger partial charge on any atom is 0.166 e. The van der Waals surface area contributed by atoms with E-state index >= 15 is 0 Å². The molecule has 0 spiro atoms. The minimum Gasteiger partial charge on any atom is -0.310 e. The Balaban J connectivity index is 2.56. The van der Waals surface area contributed by atoms with Crippen LogP contribution < -0.4 is 0 Å². The lowest BCUT2D eigenvalue weighted by Crippen LogP contribution is -2.02. The van der Waals surface area contributed by atoms with Crippen molar-refractivity contribution in [3.8, 4) is 11.4 Å². The normalized spacial score (nSPS) is 10.8. The van der Waals surface area contributed by atoms with Crippen LogP contribution in [-0.4, -0.2) is 14.8 Å². The van der Waals surface area contributed by atoms with Crippen molar-refractivity contribution in [2.75, 3.05) is 0 Å². The van der Waals surface area contributed by atoms with E-state index in [0.29, 0.717) is 16.7 Å². The highest BCUT2D eigenvalue weighted by Crippen LogP contribution is 2.23. The van der Waals surface area contributed by atoms with E-state index in [1.807, 2.05) is 24.5 Å². The van der Waals surface area contributed by atoms with Gasteiger partial charge in [0.05, 0.1) is 10.9 Å². The van der Waals surface area contributed by atoms with Gasteiger partial charge in [0.25, 0.3) is 0 Å². The molecule has 0 fully saturated rings. The summed E-state index contributed by atoms with van der Waals surface area (Å²) in [6.45, 7) is 4.57. The molecule has 17 heavy (non-hydrogen) atoms. The third-order valence-electron chi connectivity index (χ3n) is 2.63. The molecule has 90 valence electrons. The first-order valence-electron chi connectivity index (χ1n) is 5.42. The van der Waals surface area contributed by atoms with E-state index in [2.05, 4.69) is 26.1 Å². The van der Waals surface area contributed by atoms with Crippen molar-refractivity contribution in [3.05, 3.63) is 35.4 Å². The van der Waals surface area contributed by atoms with E-state index in [1.54, 1.807) is 6.07 Å². The number of alkyl halides is 1. The Morgan fingerprint density at radius 1 is 1.35 bits per heavy atom. The Morgan fingerprint density at radius 3 is 2.71 bits per heavy atom. The smallest absolute Gasteiger partial charge is 0.166 e. The Hall–Kier alpha value is -1.23. The van der Waals surface area contributed by atoms with Gasteiger partial charge in [-0.1, -0.05) is 22.0 Å². The predicted molar refractivity (Wildman–Crippen MR) is 68.5 cm³/mol. The van der Waals surface area contributed by atoms with Crippen LogP contribution in [0.3, 0.4) is 0 Å². The summed E-state index contributed by atoms with van der Waals surface area (Å²) < 4.78 is 15.8. The third-order valence-corrected chi connectivity index (χ3v) is 3.13. The minimum absolute atomic E-state index is 0.256. The zero-order valence-electron chi connectivity index (χ0n) is 9.74. The molecule has 0 bridgehead atoms. The average Bonchev–Trinajstić information content (AvgIpc) is 2.71. The first kappa shape index (κ1) is 12.2. The first-order valence-corrected chi connectivity index (χ1v) is 6.54. The fourth-order valence-electron chi connectivity index (χ4n) is 1.77. The summed E-state index contributed by atoms with van der Waals surface area (Å²) in [5.41, 5.74) is 1.40. The first-order chi connectivity index (χ1) is 8.17. The highest BCUT2D eigenvalue weighted by molar-refractivity contribution is 9.08. The molecular formula is C12H13BrFN3. The quantitative estimate of drug-likeness (QED) is 0.814. The maximum atomic E-state index is 13.9. The van der Waals surface area contributed by atoms with Crippen molar-refractivity contribution >= 4 is 15.9 Å². The average molecular weight is 298 g/mol. The van der Waals surface area contributed by atoms with Crippen molar-refractivity contribution in [1.29, 1.82) is 0 Å². The summed E-state index contributed by atoms with van der Waals surface area (Å²) in [4.78, 5) is 0. The van der Waals surface area contributed by atoms with Gasteiger partial charge in [-0.15, -0.1) is 10.2 Å². The van der Waals surface area contributed by atoms with Crippen molar-refractivity contribution < 1.29 is 4.39 Å². The van der Waals surface area contributed by atoms with E-state index in [-0.39, 0.29) is 5.82 Å². The second kappa shape index (κ2) is 4.96. The van der Waals surface area contributed by atoms with E-state index in [1.165, 1.54) is 6.07 Å². The fraction of sp³-hybridized carbons (Fsp3) is 0.333. The van der Waals surface area contributed by atoms with Crippen molar-refractivity contribution in [2.24, 2.45) is 0 Å². The highest BCUT2D eigenvalue weighted by Gasteiger charge is 2.14. The van der Waals surface area contributed by atoms with E-state index < -0.39 is 0 Å². The molecule has 3 nitrogen and oxygen atoms in total. The zero-order valence-corrected chi connectivity index (χ0v) is 11.3. The molecule has 0 atom stereocenters. The molecule has 0 amide bonds. The lowest BCUT2D eigenvalue weighted by atomic mass is 10.1. The lowest BCUT2D eigenvalue weighted by Gasteiger charge is -2.07. The molecule has 0 saturated carbocycles. The molecule has 0 N–H and O–H groups in total. The van der Waals surface area contributed by atoms with Crippen LogP contribution in [0.5, 0.6) is 0 Å². The molecule has 1 aromatic heterocycles. The summed E-state index contributed by atoms with van der Waals surface area (Å²) in [7, 11) is 0. The third kappa shape index (κ3) is 2.24. The van der Waals surface area contributed by atoms with Crippen LogP contribution in [0.15, 0.2) is 18.2 Å². The maximum absolute atomic E-state index is 13.9. The summed E-state index contributed by atoms with van der Waals surface area (Å²) in [6.07, 6.45) is 0. The number of halogens is 2. The summed E-state index contributed by atoms with van der Waals surface area (Å²) in [6, 6.07) is 5.14. The molecule has 0 radical (unpaired) electrons. The second-order valence-electron chi connectivity index (χ2n) is 3.80. The van der Waals surface area contributed by atoms with E-state index in [4.69, 9.17) is 0 Å². The van der Waals surface area contributed by atoms with Gasteiger partial charge in [0.15, 0.2) is 5.82 Å². The molecule has 2 rings (SSSR count). The Kier molecular flexibility index (Phi) is 3.57. The number of nitrogens with zero attached hydrogens (tertiary/aromatic N) is 3. The van der Waals surface area contributed by atoms with Crippen LogP contribution in [0.2, 0.25) is 0 Å². The molecule has 1 aromatic carbocycles. The molecular weight excluding hydrogens is 285 g/mol. The topological polar surface area (TPSA) is 30.7 Å². The molecule has 1 heterocycles. The van der Waals surface area contributed by atoms with Crippen LogP contribution in [0.4, 0.5) is 4.39 Å². The van der Waals surface area contributed by atoms with Crippen LogP contribution >= 0.6 is 15.9 Å². The number of aryl methyl sites for hydroxylation is 1. The number of benzene rings is 1. The zero-order chi connectivity index (χ0) is 12.4. The number of rotatable bonds is 3. The van der Waals surface area contributed by atoms with E-state index in [9.17, 15) is 4.39 Å². The Labute approximate surface area is 108 Å². The molecule has 2 aromatic rings. The fourth-order valence-corrected chi connectivity index (χ4v) is 2.18. The number of hydrogen-bond donors (Lipinski definition) is 0. The van der Waals surface area contributed by atoms with Gasteiger partial charge in [-0.05, 0) is 31.5 Å². The molecule has 0 aliphatic rings.